The summed E-state index contributed by atoms with van der Waals surface area (Å²) >= 11 is 6.01. The van der Waals surface area contributed by atoms with Crippen molar-refractivity contribution in [1.29, 1.82) is 0 Å². The summed E-state index contributed by atoms with van der Waals surface area (Å²) < 4.78 is 4.81. The molecule has 21 heavy (non-hydrogen) atoms. The van der Waals surface area contributed by atoms with E-state index in [0.717, 1.165) is 25.8 Å². The molecule has 1 aromatic rings. The van der Waals surface area contributed by atoms with Crippen LogP contribution in [0.1, 0.15) is 19.3 Å². The number of likely N-dealkylation sites (tertiary alicyclic amines) is 1. The molecule has 6 heteroatoms. The average molecular weight is 311 g/mol. The van der Waals surface area contributed by atoms with Gasteiger partial charge in [0.05, 0.1) is 24.4 Å². The molecule has 0 radical (unpaired) electrons. The van der Waals surface area contributed by atoms with Crippen LogP contribution >= 0.6 is 11.6 Å². The van der Waals surface area contributed by atoms with Gasteiger partial charge in [-0.25, -0.2) is 0 Å². The van der Waals surface area contributed by atoms with Gasteiger partial charge in [0.25, 0.3) is 0 Å². The summed E-state index contributed by atoms with van der Waals surface area (Å²) in [5, 5.41) is 3.26. The molecule has 1 fully saturated rings. The van der Waals surface area contributed by atoms with Crippen LogP contribution < -0.4 is 5.32 Å². The van der Waals surface area contributed by atoms with Gasteiger partial charge in [-0.05, 0) is 31.5 Å². The number of anilines is 1. The summed E-state index contributed by atoms with van der Waals surface area (Å²) in [4.78, 5) is 25.7. The Labute approximate surface area is 129 Å². The van der Waals surface area contributed by atoms with Crippen molar-refractivity contribution < 1.29 is 14.3 Å². The number of rotatable bonds is 4. The Balaban J connectivity index is 1.97. The predicted molar refractivity (Wildman–Crippen MR) is 81.3 cm³/mol. The van der Waals surface area contributed by atoms with Gasteiger partial charge in [-0.1, -0.05) is 30.2 Å². The number of hydrogen-bond donors (Lipinski definition) is 1. The van der Waals surface area contributed by atoms with Crippen molar-refractivity contribution in [2.75, 3.05) is 25.5 Å². The first kappa shape index (κ1) is 15.8. The number of piperidine rings is 1. The van der Waals surface area contributed by atoms with Crippen LogP contribution in [0.4, 0.5) is 5.69 Å². The Morgan fingerprint density at radius 2 is 2.14 bits per heavy atom. The number of halogens is 1. The monoisotopic (exact) mass is 310 g/mol. The SMILES string of the molecule is COC(=O)C1CCCCN1CC(=O)Nc1ccccc1Cl. The molecule has 0 aliphatic carbocycles. The van der Waals surface area contributed by atoms with E-state index >= 15 is 0 Å². The molecule has 1 amide bonds. The van der Waals surface area contributed by atoms with Gasteiger partial charge in [0, 0.05) is 0 Å². The normalized spacial score (nSPS) is 19.0. The van der Waals surface area contributed by atoms with Gasteiger partial charge in [-0.3, -0.25) is 14.5 Å². The second-order valence-electron chi connectivity index (χ2n) is 5.03. The smallest absolute Gasteiger partial charge is 0.323 e. The van der Waals surface area contributed by atoms with Crippen molar-refractivity contribution in [1.82, 2.24) is 4.90 Å². The fraction of sp³-hybridized carbons (Fsp3) is 0.467. The summed E-state index contributed by atoms with van der Waals surface area (Å²) in [6, 6.07) is 6.74. The Kier molecular flexibility index (Phi) is 5.59. The van der Waals surface area contributed by atoms with Crippen LogP contribution in [-0.4, -0.2) is 43.0 Å². The maximum absolute atomic E-state index is 12.1. The van der Waals surface area contributed by atoms with E-state index in [1.54, 1.807) is 24.3 Å². The summed E-state index contributed by atoms with van der Waals surface area (Å²) in [6.07, 6.45) is 2.68. The van der Waals surface area contributed by atoms with Crippen LogP contribution in [-0.2, 0) is 14.3 Å². The molecule has 1 aromatic carbocycles. The fourth-order valence-corrected chi connectivity index (χ4v) is 2.70. The number of para-hydroxylation sites is 1. The van der Waals surface area contributed by atoms with E-state index in [0.29, 0.717) is 10.7 Å². The molecule has 1 unspecified atom stereocenters. The topological polar surface area (TPSA) is 58.6 Å². The molecule has 1 heterocycles. The summed E-state index contributed by atoms with van der Waals surface area (Å²) in [5.74, 6) is -0.459. The molecule has 0 spiro atoms. The molecular formula is C15H19ClN2O3. The van der Waals surface area contributed by atoms with Gasteiger partial charge in [0.2, 0.25) is 5.91 Å². The summed E-state index contributed by atoms with van der Waals surface area (Å²) in [6.45, 7) is 0.876. The standard InChI is InChI=1S/C15H19ClN2O3/c1-21-15(20)13-8-4-5-9-18(13)10-14(19)17-12-7-3-2-6-11(12)16/h2-3,6-7,13H,4-5,8-10H2,1H3,(H,17,19). The third-order valence-corrected chi connectivity index (χ3v) is 3.91. The molecule has 2 rings (SSSR count). The molecule has 114 valence electrons. The number of methoxy groups -OCH3 is 1. The Hall–Kier alpha value is -1.59. The lowest BCUT2D eigenvalue weighted by atomic mass is 10.0. The van der Waals surface area contributed by atoms with E-state index in [1.807, 2.05) is 4.90 Å². The second-order valence-corrected chi connectivity index (χ2v) is 5.44. The molecular weight excluding hydrogens is 292 g/mol. The van der Waals surface area contributed by atoms with Gasteiger partial charge in [-0.15, -0.1) is 0 Å². The van der Waals surface area contributed by atoms with Crippen molar-refractivity contribution in [3.63, 3.8) is 0 Å². The zero-order valence-electron chi connectivity index (χ0n) is 12.0. The fourth-order valence-electron chi connectivity index (χ4n) is 2.52. The third kappa shape index (κ3) is 4.19. The van der Waals surface area contributed by atoms with Crippen LogP contribution in [0.3, 0.4) is 0 Å². The highest BCUT2D eigenvalue weighted by molar-refractivity contribution is 6.33. The van der Waals surface area contributed by atoms with Crippen molar-refractivity contribution in [3.05, 3.63) is 29.3 Å². The van der Waals surface area contributed by atoms with Crippen LogP contribution in [0.25, 0.3) is 0 Å². The van der Waals surface area contributed by atoms with Gasteiger partial charge in [0.1, 0.15) is 6.04 Å². The molecule has 1 N–H and O–H groups in total. The first-order chi connectivity index (χ1) is 10.1. The van der Waals surface area contributed by atoms with E-state index < -0.39 is 0 Å². The minimum absolute atomic E-state index is 0.158. The van der Waals surface area contributed by atoms with Crippen LogP contribution in [0.2, 0.25) is 5.02 Å². The first-order valence-electron chi connectivity index (χ1n) is 6.98. The Morgan fingerprint density at radius 3 is 2.86 bits per heavy atom. The number of nitrogens with zero attached hydrogens (tertiary/aromatic N) is 1. The number of carbonyl (C=O) groups is 2. The number of hydrogen-bond acceptors (Lipinski definition) is 4. The molecule has 1 saturated heterocycles. The lowest BCUT2D eigenvalue weighted by molar-refractivity contribution is -0.148. The minimum Gasteiger partial charge on any atom is -0.468 e. The first-order valence-corrected chi connectivity index (χ1v) is 7.36. The van der Waals surface area contributed by atoms with Crippen LogP contribution in [0.15, 0.2) is 24.3 Å². The maximum atomic E-state index is 12.1. The van der Waals surface area contributed by atoms with E-state index in [9.17, 15) is 9.59 Å². The molecule has 0 aromatic heterocycles. The predicted octanol–water partition coefficient (Wildman–Crippen LogP) is 2.31. The average Bonchev–Trinajstić information content (AvgIpc) is 2.49. The molecule has 0 saturated carbocycles. The lowest BCUT2D eigenvalue weighted by Crippen LogP contribution is -2.48. The summed E-state index contributed by atoms with van der Waals surface area (Å²) in [5.41, 5.74) is 0.579. The van der Waals surface area contributed by atoms with Crippen molar-refractivity contribution in [3.8, 4) is 0 Å². The Morgan fingerprint density at radius 1 is 1.38 bits per heavy atom. The minimum atomic E-state index is -0.333. The molecule has 1 aliphatic heterocycles. The van der Waals surface area contributed by atoms with E-state index in [-0.39, 0.29) is 24.5 Å². The van der Waals surface area contributed by atoms with Gasteiger partial charge >= 0.3 is 5.97 Å². The van der Waals surface area contributed by atoms with Gasteiger partial charge in [-0.2, -0.15) is 0 Å². The van der Waals surface area contributed by atoms with Crippen molar-refractivity contribution in [2.24, 2.45) is 0 Å². The molecule has 0 bridgehead atoms. The number of nitrogens with one attached hydrogen (secondary N) is 1. The zero-order valence-corrected chi connectivity index (χ0v) is 12.7. The van der Waals surface area contributed by atoms with Gasteiger partial charge in [0.15, 0.2) is 0 Å². The van der Waals surface area contributed by atoms with E-state index in [2.05, 4.69) is 5.32 Å². The Bertz CT molecular complexity index is 521. The third-order valence-electron chi connectivity index (χ3n) is 3.58. The van der Waals surface area contributed by atoms with Crippen molar-refractivity contribution in [2.45, 2.75) is 25.3 Å². The number of esters is 1. The van der Waals surface area contributed by atoms with Crippen LogP contribution in [0, 0.1) is 0 Å². The number of amides is 1. The molecule has 1 atom stereocenters. The van der Waals surface area contributed by atoms with Crippen LogP contribution in [0.5, 0.6) is 0 Å². The zero-order chi connectivity index (χ0) is 15.2. The molecule has 1 aliphatic rings. The number of ether oxygens (including phenoxy) is 1. The maximum Gasteiger partial charge on any atom is 0.323 e. The van der Waals surface area contributed by atoms with Crippen molar-refractivity contribution >= 4 is 29.2 Å². The quantitative estimate of drug-likeness (QED) is 0.867. The van der Waals surface area contributed by atoms with E-state index in [1.165, 1.54) is 7.11 Å². The second kappa shape index (κ2) is 7.43. The highest BCUT2D eigenvalue weighted by Gasteiger charge is 2.30. The molecule has 5 nitrogen and oxygen atoms in total. The highest BCUT2D eigenvalue weighted by Crippen LogP contribution is 2.21. The number of carbonyl (C=O) groups excluding carboxylic acids is 2. The van der Waals surface area contributed by atoms with Gasteiger partial charge < -0.3 is 10.1 Å². The lowest BCUT2D eigenvalue weighted by Gasteiger charge is -2.33. The highest BCUT2D eigenvalue weighted by atomic mass is 35.5. The number of benzene rings is 1. The summed E-state index contributed by atoms with van der Waals surface area (Å²) in [7, 11) is 1.37. The largest absolute Gasteiger partial charge is 0.468 e. The van der Waals surface area contributed by atoms with E-state index in [4.69, 9.17) is 16.3 Å².